The van der Waals surface area contributed by atoms with E-state index in [2.05, 4.69) is 4.98 Å². The van der Waals surface area contributed by atoms with Crippen molar-refractivity contribution in [3.63, 3.8) is 0 Å². The normalized spacial score (nSPS) is 11.8. The molecule has 0 aliphatic rings. The van der Waals surface area contributed by atoms with E-state index in [0.29, 0.717) is 33.2 Å². The first-order valence-electron chi connectivity index (χ1n) is 8.23. The molecule has 134 valence electrons. The molecule has 2 heterocycles. The summed E-state index contributed by atoms with van der Waals surface area (Å²) >= 11 is 6.21. The van der Waals surface area contributed by atoms with Gasteiger partial charge in [0.15, 0.2) is 5.58 Å². The van der Waals surface area contributed by atoms with Gasteiger partial charge >= 0.3 is 5.97 Å². The van der Waals surface area contributed by atoms with Gasteiger partial charge in [-0.05, 0) is 42.5 Å². The molecule has 5 nitrogen and oxygen atoms in total. The molecule has 27 heavy (non-hydrogen) atoms. The largest absolute Gasteiger partial charge is 0.481 e. The number of aliphatic carboxylic acids is 1. The third-order valence-corrected chi connectivity index (χ3v) is 4.32. The first-order valence-corrected chi connectivity index (χ1v) is 8.61. The van der Waals surface area contributed by atoms with Crippen molar-refractivity contribution in [2.24, 2.45) is 0 Å². The summed E-state index contributed by atoms with van der Waals surface area (Å²) in [4.78, 5) is 15.7. The summed E-state index contributed by atoms with van der Waals surface area (Å²) in [7, 11) is 0. The fourth-order valence-electron chi connectivity index (χ4n) is 2.77. The molecule has 6 heteroatoms. The Morgan fingerprint density at radius 3 is 2.59 bits per heavy atom. The van der Waals surface area contributed by atoms with Crippen LogP contribution >= 0.6 is 11.6 Å². The molecule has 0 atom stereocenters. The standard InChI is InChI=1S/C21H14ClNO4/c22-16-6-2-1-5-15(16)18-10-9-14(26-18)11-13(12-20(24)25)21-23-17-7-3-4-8-19(17)27-21/h1-11H,12H2,(H,24,25)/b13-11+. The summed E-state index contributed by atoms with van der Waals surface area (Å²) in [6, 6.07) is 18.2. The van der Waals surface area contributed by atoms with E-state index in [1.807, 2.05) is 36.4 Å². The Hall–Kier alpha value is -3.31. The Labute approximate surface area is 159 Å². The first kappa shape index (κ1) is 17.1. The fourth-order valence-corrected chi connectivity index (χ4v) is 3.00. The molecule has 0 unspecified atom stereocenters. The third-order valence-electron chi connectivity index (χ3n) is 3.99. The van der Waals surface area contributed by atoms with Crippen LogP contribution in [-0.2, 0) is 4.79 Å². The summed E-state index contributed by atoms with van der Waals surface area (Å²) in [5, 5.41) is 9.84. The average molecular weight is 380 g/mol. The van der Waals surface area contributed by atoms with Crippen molar-refractivity contribution in [3.8, 4) is 11.3 Å². The molecule has 0 saturated heterocycles. The molecule has 0 saturated carbocycles. The zero-order chi connectivity index (χ0) is 18.8. The van der Waals surface area contributed by atoms with Crippen molar-refractivity contribution in [3.05, 3.63) is 77.3 Å². The zero-order valence-electron chi connectivity index (χ0n) is 14.1. The first-order chi connectivity index (χ1) is 13.1. The van der Waals surface area contributed by atoms with Crippen LogP contribution in [0, 0.1) is 0 Å². The molecule has 2 aromatic carbocycles. The van der Waals surface area contributed by atoms with Crippen molar-refractivity contribution >= 4 is 40.3 Å². The number of para-hydroxylation sites is 2. The van der Waals surface area contributed by atoms with Crippen molar-refractivity contribution < 1.29 is 18.7 Å². The highest BCUT2D eigenvalue weighted by Crippen LogP contribution is 2.31. The van der Waals surface area contributed by atoms with E-state index >= 15 is 0 Å². The maximum absolute atomic E-state index is 11.3. The van der Waals surface area contributed by atoms with Crippen LogP contribution in [0.2, 0.25) is 5.02 Å². The quantitative estimate of drug-likeness (QED) is 0.477. The second kappa shape index (κ2) is 7.13. The number of aromatic nitrogens is 1. The molecule has 1 N–H and O–H groups in total. The van der Waals surface area contributed by atoms with Crippen LogP contribution in [0.5, 0.6) is 0 Å². The van der Waals surface area contributed by atoms with Crippen molar-refractivity contribution in [1.82, 2.24) is 4.98 Å². The minimum absolute atomic E-state index is 0.241. The van der Waals surface area contributed by atoms with Crippen LogP contribution < -0.4 is 0 Å². The summed E-state index contributed by atoms with van der Waals surface area (Å²) in [5.41, 5.74) is 2.44. The van der Waals surface area contributed by atoms with Gasteiger partial charge in [-0.2, -0.15) is 0 Å². The Kier molecular flexibility index (Phi) is 4.52. The topological polar surface area (TPSA) is 76.5 Å². The SMILES string of the molecule is O=C(O)C/C(=C\c1ccc(-c2ccccc2Cl)o1)c1nc2ccccc2o1. The number of hydrogen-bond donors (Lipinski definition) is 1. The van der Waals surface area contributed by atoms with Gasteiger partial charge in [-0.3, -0.25) is 4.79 Å². The van der Waals surface area contributed by atoms with Gasteiger partial charge in [-0.25, -0.2) is 4.98 Å². The number of oxazole rings is 1. The van der Waals surface area contributed by atoms with Crippen LogP contribution in [0.15, 0.2) is 69.5 Å². The second-order valence-electron chi connectivity index (χ2n) is 5.91. The van der Waals surface area contributed by atoms with Crippen molar-refractivity contribution in [2.75, 3.05) is 0 Å². The predicted octanol–water partition coefficient (Wildman–Crippen LogP) is 5.76. The smallest absolute Gasteiger partial charge is 0.308 e. The molecular formula is C21H14ClNO4. The molecule has 0 bridgehead atoms. The lowest BCUT2D eigenvalue weighted by molar-refractivity contribution is -0.135. The maximum Gasteiger partial charge on any atom is 0.308 e. The van der Waals surface area contributed by atoms with Crippen LogP contribution in [-0.4, -0.2) is 16.1 Å². The molecule has 0 spiro atoms. The van der Waals surface area contributed by atoms with E-state index in [0.717, 1.165) is 5.56 Å². The summed E-state index contributed by atoms with van der Waals surface area (Å²) in [5.74, 6) is 0.359. The average Bonchev–Trinajstić information content (AvgIpc) is 3.28. The van der Waals surface area contributed by atoms with Gasteiger partial charge in [0.25, 0.3) is 0 Å². The lowest BCUT2D eigenvalue weighted by atomic mass is 10.1. The number of carboxylic acid groups (broad SMARTS) is 1. The number of furan rings is 1. The third kappa shape index (κ3) is 3.64. The van der Waals surface area contributed by atoms with Gasteiger partial charge in [0.1, 0.15) is 17.0 Å². The molecule has 4 rings (SSSR count). The highest BCUT2D eigenvalue weighted by Gasteiger charge is 2.16. The summed E-state index contributed by atoms with van der Waals surface area (Å²) in [6.45, 7) is 0. The van der Waals surface area contributed by atoms with E-state index in [1.165, 1.54) is 0 Å². The maximum atomic E-state index is 11.3. The van der Waals surface area contributed by atoms with E-state index < -0.39 is 5.97 Å². The minimum atomic E-state index is -0.985. The highest BCUT2D eigenvalue weighted by atomic mass is 35.5. The number of carbonyl (C=O) groups is 1. The van der Waals surface area contributed by atoms with E-state index in [4.69, 9.17) is 20.4 Å². The van der Waals surface area contributed by atoms with Gasteiger partial charge in [0, 0.05) is 11.1 Å². The Morgan fingerprint density at radius 1 is 1.04 bits per heavy atom. The fraction of sp³-hybridized carbons (Fsp3) is 0.0476. The number of hydrogen-bond acceptors (Lipinski definition) is 4. The molecule has 0 aliphatic heterocycles. The van der Waals surface area contributed by atoms with Crippen molar-refractivity contribution in [1.29, 1.82) is 0 Å². The van der Waals surface area contributed by atoms with E-state index in [-0.39, 0.29) is 12.3 Å². The predicted molar refractivity (Wildman–Crippen MR) is 103 cm³/mol. The van der Waals surface area contributed by atoms with Gasteiger partial charge in [-0.1, -0.05) is 35.9 Å². The molecule has 0 fully saturated rings. The molecular weight excluding hydrogens is 366 g/mol. The molecule has 0 aliphatic carbocycles. The Morgan fingerprint density at radius 2 is 1.81 bits per heavy atom. The van der Waals surface area contributed by atoms with Crippen LogP contribution in [0.25, 0.3) is 34.1 Å². The van der Waals surface area contributed by atoms with Gasteiger partial charge in [0.05, 0.1) is 11.4 Å². The molecule has 0 amide bonds. The monoisotopic (exact) mass is 379 g/mol. The summed E-state index contributed by atoms with van der Waals surface area (Å²) < 4.78 is 11.5. The minimum Gasteiger partial charge on any atom is -0.481 e. The molecule has 2 aromatic heterocycles. The van der Waals surface area contributed by atoms with E-state index in [9.17, 15) is 9.90 Å². The lowest BCUT2D eigenvalue weighted by Gasteiger charge is -2.00. The Balaban J connectivity index is 1.73. The highest BCUT2D eigenvalue weighted by molar-refractivity contribution is 6.33. The lowest BCUT2D eigenvalue weighted by Crippen LogP contribution is -1.97. The summed E-state index contributed by atoms with van der Waals surface area (Å²) in [6.07, 6.45) is 1.38. The molecule has 4 aromatic rings. The van der Waals surface area contributed by atoms with Gasteiger partial charge < -0.3 is 13.9 Å². The number of benzene rings is 2. The van der Waals surface area contributed by atoms with Crippen LogP contribution in [0.1, 0.15) is 18.1 Å². The number of carboxylic acids is 1. The second-order valence-corrected chi connectivity index (χ2v) is 6.32. The van der Waals surface area contributed by atoms with Gasteiger partial charge in [-0.15, -0.1) is 0 Å². The van der Waals surface area contributed by atoms with Gasteiger partial charge in [0.2, 0.25) is 5.89 Å². The Bertz CT molecular complexity index is 1120. The number of nitrogens with zero attached hydrogens (tertiary/aromatic N) is 1. The number of rotatable bonds is 5. The van der Waals surface area contributed by atoms with Crippen LogP contribution in [0.4, 0.5) is 0 Å². The number of halogens is 1. The zero-order valence-corrected chi connectivity index (χ0v) is 14.8. The van der Waals surface area contributed by atoms with Crippen molar-refractivity contribution in [2.45, 2.75) is 6.42 Å². The molecule has 0 radical (unpaired) electrons. The number of fused-ring (bicyclic) bond motifs is 1. The van der Waals surface area contributed by atoms with Crippen LogP contribution in [0.3, 0.4) is 0 Å². The van der Waals surface area contributed by atoms with E-state index in [1.54, 1.807) is 30.3 Å².